The summed E-state index contributed by atoms with van der Waals surface area (Å²) in [7, 11) is 0. The summed E-state index contributed by atoms with van der Waals surface area (Å²) in [5.74, 6) is 0.931. The number of aryl methyl sites for hydroxylation is 2. The highest BCUT2D eigenvalue weighted by Gasteiger charge is 2.15. The van der Waals surface area contributed by atoms with Crippen LogP contribution >= 0.6 is 0 Å². The number of hydrogen-bond donors (Lipinski definition) is 0. The average Bonchev–Trinajstić information content (AvgIpc) is 2.29. The summed E-state index contributed by atoms with van der Waals surface area (Å²) in [6.45, 7) is 8.55. The fourth-order valence-electron chi connectivity index (χ4n) is 1.70. The number of ether oxygens (including phenoxy) is 1. The van der Waals surface area contributed by atoms with Gasteiger partial charge in [0.15, 0.2) is 5.78 Å². The Hall–Kier alpha value is -1.31. The highest BCUT2D eigenvalue weighted by Crippen LogP contribution is 2.28. The third kappa shape index (κ3) is 2.63. The maximum atomic E-state index is 11.9. The zero-order valence-electron chi connectivity index (χ0n) is 10.6. The molecule has 2 nitrogen and oxygen atoms in total. The number of ketones is 1. The first-order valence-corrected chi connectivity index (χ1v) is 5.88. The van der Waals surface area contributed by atoms with Crippen LogP contribution in [0.15, 0.2) is 12.1 Å². The number of benzene rings is 1. The minimum absolute atomic E-state index is 0.160. The van der Waals surface area contributed by atoms with Gasteiger partial charge in [0, 0.05) is 6.42 Å². The highest BCUT2D eigenvalue weighted by molar-refractivity contribution is 6.00. The number of carbonyl (C=O) groups excluding carboxylic acids is 1. The van der Waals surface area contributed by atoms with Crippen LogP contribution in [-0.4, -0.2) is 12.4 Å². The summed E-state index contributed by atoms with van der Waals surface area (Å²) in [6, 6.07) is 3.99. The molecule has 0 heterocycles. The zero-order valence-corrected chi connectivity index (χ0v) is 10.6. The monoisotopic (exact) mass is 220 g/mol. The Bertz CT molecular complexity index is 381. The molecular weight excluding hydrogens is 200 g/mol. The van der Waals surface area contributed by atoms with Crippen molar-refractivity contribution < 1.29 is 9.53 Å². The van der Waals surface area contributed by atoms with Crippen molar-refractivity contribution in [1.82, 2.24) is 0 Å². The molecule has 0 aliphatic rings. The van der Waals surface area contributed by atoms with Crippen LogP contribution in [0.25, 0.3) is 0 Å². The Labute approximate surface area is 97.6 Å². The van der Waals surface area contributed by atoms with E-state index in [1.165, 1.54) is 0 Å². The minimum atomic E-state index is 0.160. The van der Waals surface area contributed by atoms with Gasteiger partial charge in [-0.05, 0) is 31.4 Å². The van der Waals surface area contributed by atoms with Crippen molar-refractivity contribution >= 4 is 5.78 Å². The van der Waals surface area contributed by atoms with E-state index >= 15 is 0 Å². The molecule has 0 aliphatic carbocycles. The number of rotatable bonds is 5. The van der Waals surface area contributed by atoms with E-state index in [9.17, 15) is 4.79 Å². The zero-order chi connectivity index (χ0) is 12.1. The van der Waals surface area contributed by atoms with Crippen molar-refractivity contribution in [1.29, 1.82) is 0 Å². The van der Waals surface area contributed by atoms with Gasteiger partial charge in [0.2, 0.25) is 0 Å². The SMILES string of the molecule is CCCOc1c(C)ccc(C)c1C(=O)CC. The molecule has 0 saturated carbocycles. The van der Waals surface area contributed by atoms with Gasteiger partial charge in [-0.2, -0.15) is 0 Å². The van der Waals surface area contributed by atoms with Gasteiger partial charge in [-0.15, -0.1) is 0 Å². The van der Waals surface area contributed by atoms with Crippen LogP contribution < -0.4 is 4.74 Å². The highest BCUT2D eigenvalue weighted by atomic mass is 16.5. The Morgan fingerprint density at radius 3 is 2.38 bits per heavy atom. The standard InChI is InChI=1S/C14H20O2/c1-5-9-16-14-11(4)8-7-10(3)13(14)12(15)6-2/h7-8H,5-6,9H2,1-4H3. The largest absolute Gasteiger partial charge is 0.493 e. The van der Waals surface area contributed by atoms with E-state index < -0.39 is 0 Å². The van der Waals surface area contributed by atoms with E-state index in [-0.39, 0.29) is 5.78 Å². The van der Waals surface area contributed by atoms with Crippen molar-refractivity contribution in [2.75, 3.05) is 6.61 Å². The van der Waals surface area contributed by atoms with Gasteiger partial charge in [0.1, 0.15) is 5.75 Å². The molecule has 0 aromatic heterocycles. The number of hydrogen-bond acceptors (Lipinski definition) is 2. The van der Waals surface area contributed by atoms with Crippen molar-refractivity contribution in [2.24, 2.45) is 0 Å². The van der Waals surface area contributed by atoms with Gasteiger partial charge in [0.25, 0.3) is 0 Å². The van der Waals surface area contributed by atoms with Crippen LogP contribution in [0.2, 0.25) is 0 Å². The predicted octanol–water partition coefficient (Wildman–Crippen LogP) is 3.68. The van der Waals surface area contributed by atoms with E-state index in [1.54, 1.807) is 0 Å². The molecule has 0 fully saturated rings. The third-order valence-corrected chi connectivity index (χ3v) is 2.61. The molecule has 16 heavy (non-hydrogen) atoms. The lowest BCUT2D eigenvalue weighted by Crippen LogP contribution is -2.07. The second kappa shape index (κ2) is 5.69. The first-order chi connectivity index (χ1) is 7.61. The van der Waals surface area contributed by atoms with Crippen LogP contribution in [0.5, 0.6) is 5.75 Å². The molecule has 0 amide bonds. The molecule has 1 rings (SSSR count). The molecule has 88 valence electrons. The average molecular weight is 220 g/mol. The van der Waals surface area contributed by atoms with Gasteiger partial charge < -0.3 is 4.74 Å². The normalized spacial score (nSPS) is 10.2. The summed E-state index contributed by atoms with van der Waals surface area (Å²) in [5.41, 5.74) is 2.80. The molecule has 0 aliphatic heterocycles. The van der Waals surface area contributed by atoms with E-state index in [0.29, 0.717) is 13.0 Å². The Balaban J connectivity index is 3.19. The summed E-state index contributed by atoms with van der Waals surface area (Å²) in [4.78, 5) is 11.9. The first kappa shape index (κ1) is 12.8. The summed E-state index contributed by atoms with van der Waals surface area (Å²) in [5, 5.41) is 0. The first-order valence-electron chi connectivity index (χ1n) is 5.88. The lowest BCUT2D eigenvalue weighted by Gasteiger charge is -2.14. The summed E-state index contributed by atoms with van der Waals surface area (Å²) < 4.78 is 5.70. The number of carbonyl (C=O) groups is 1. The van der Waals surface area contributed by atoms with E-state index in [2.05, 4.69) is 6.92 Å². The van der Waals surface area contributed by atoms with Crippen molar-refractivity contribution in [3.05, 3.63) is 28.8 Å². The summed E-state index contributed by atoms with van der Waals surface area (Å²) >= 11 is 0. The van der Waals surface area contributed by atoms with Crippen LogP contribution in [0.3, 0.4) is 0 Å². The minimum Gasteiger partial charge on any atom is -0.493 e. The van der Waals surface area contributed by atoms with Gasteiger partial charge in [-0.1, -0.05) is 26.0 Å². The second-order valence-electron chi connectivity index (χ2n) is 4.03. The molecular formula is C14H20O2. The molecule has 2 heteroatoms. The second-order valence-corrected chi connectivity index (χ2v) is 4.03. The lowest BCUT2D eigenvalue weighted by molar-refractivity contribution is 0.0983. The molecule has 1 aromatic rings. The van der Waals surface area contributed by atoms with Gasteiger partial charge in [-0.25, -0.2) is 0 Å². The Kier molecular flexibility index (Phi) is 4.53. The van der Waals surface area contributed by atoms with Crippen molar-refractivity contribution in [3.8, 4) is 5.75 Å². The van der Waals surface area contributed by atoms with Crippen LogP contribution in [0.4, 0.5) is 0 Å². The molecule has 1 aromatic carbocycles. The van der Waals surface area contributed by atoms with E-state index in [4.69, 9.17) is 4.74 Å². The molecule has 0 unspecified atom stereocenters. The maximum Gasteiger partial charge on any atom is 0.166 e. The van der Waals surface area contributed by atoms with E-state index in [1.807, 2.05) is 32.9 Å². The van der Waals surface area contributed by atoms with Crippen LogP contribution in [0.1, 0.15) is 48.2 Å². The molecule has 0 bridgehead atoms. The molecule has 0 N–H and O–H groups in total. The number of Topliss-reactive ketones (excluding diaryl/α,β-unsaturated/α-hetero) is 1. The summed E-state index contributed by atoms with van der Waals surface area (Å²) in [6.07, 6.45) is 1.47. The van der Waals surface area contributed by atoms with Crippen molar-refractivity contribution in [3.63, 3.8) is 0 Å². The topological polar surface area (TPSA) is 26.3 Å². The van der Waals surface area contributed by atoms with Crippen molar-refractivity contribution in [2.45, 2.75) is 40.5 Å². The smallest absolute Gasteiger partial charge is 0.166 e. The molecule has 0 saturated heterocycles. The van der Waals surface area contributed by atoms with Gasteiger partial charge in [0.05, 0.1) is 12.2 Å². The Morgan fingerprint density at radius 1 is 1.19 bits per heavy atom. The fourth-order valence-corrected chi connectivity index (χ4v) is 1.70. The molecule has 0 atom stereocenters. The quantitative estimate of drug-likeness (QED) is 0.707. The Morgan fingerprint density at radius 2 is 1.81 bits per heavy atom. The third-order valence-electron chi connectivity index (χ3n) is 2.61. The molecule has 0 radical (unpaired) electrons. The van der Waals surface area contributed by atoms with Gasteiger partial charge >= 0.3 is 0 Å². The van der Waals surface area contributed by atoms with Crippen LogP contribution in [-0.2, 0) is 0 Å². The van der Waals surface area contributed by atoms with Gasteiger partial charge in [-0.3, -0.25) is 4.79 Å². The molecule has 0 spiro atoms. The van der Waals surface area contributed by atoms with Crippen LogP contribution in [0, 0.1) is 13.8 Å². The predicted molar refractivity (Wildman–Crippen MR) is 66.3 cm³/mol. The fraction of sp³-hybridized carbons (Fsp3) is 0.500. The maximum absolute atomic E-state index is 11.9. The van der Waals surface area contributed by atoms with E-state index in [0.717, 1.165) is 28.9 Å². The lowest BCUT2D eigenvalue weighted by atomic mass is 9.99.